The maximum absolute atomic E-state index is 13.5. The predicted molar refractivity (Wildman–Crippen MR) is 101 cm³/mol. The minimum atomic E-state index is -4.55. The van der Waals surface area contributed by atoms with E-state index in [1.165, 1.54) is 6.20 Å². The minimum absolute atomic E-state index is 0.0111. The molecule has 3 rings (SSSR count). The molecule has 0 saturated heterocycles. The van der Waals surface area contributed by atoms with Gasteiger partial charge in [-0.25, -0.2) is 18.7 Å². The molecule has 12 heteroatoms. The Kier molecular flexibility index (Phi) is 6.56. The number of rotatable bonds is 6. The number of carbonyl (C=O) groups is 1. The number of aliphatic hydroxyl groups is 1. The molecule has 0 spiro atoms. The van der Waals surface area contributed by atoms with Gasteiger partial charge >= 0.3 is 6.18 Å². The number of anilines is 1. The van der Waals surface area contributed by atoms with Crippen LogP contribution in [0.1, 0.15) is 48.0 Å². The van der Waals surface area contributed by atoms with Crippen LogP contribution >= 0.6 is 11.3 Å². The number of aromatic nitrogens is 2. The molecule has 0 radical (unpaired) electrons. The average Bonchev–Trinajstić information content (AvgIpc) is 3.30. The van der Waals surface area contributed by atoms with E-state index in [0.29, 0.717) is 19.3 Å². The van der Waals surface area contributed by atoms with Gasteiger partial charge < -0.3 is 15.7 Å². The highest BCUT2D eigenvalue weighted by Gasteiger charge is 2.36. The number of carbonyl (C=O) groups excluding carboxylic acids is 1. The number of thiazole rings is 1. The fraction of sp³-hybridized carbons (Fsp3) is 0.500. The molecule has 2 aromatic rings. The molecule has 2 aromatic heterocycles. The van der Waals surface area contributed by atoms with E-state index in [4.69, 9.17) is 0 Å². The Morgan fingerprint density at radius 1 is 1.27 bits per heavy atom. The highest BCUT2D eigenvalue weighted by atomic mass is 32.1. The Morgan fingerprint density at radius 2 is 2.00 bits per heavy atom. The maximum atomic E-state index is 13.5. The van der Waals surface area contributed by atoms with E-state index < -0.39 is 36.2 Å². The second kappa shape index (κ2) is 8.80. The Labute approximate surface area is 172 Å². The Balaban J connectivity index is 1.79. The summed E-state index contributed by atoms with van der Waals surface area (Å²) in [6, 6.07) is -1.28. The molecule has 0 bridgehead atoms. The predicted octanol–water partition coefficient (Wildman–Crippen LogP) is 4.15. The lowest BCUT2D eigenvalue weighted by molar-refractivity contribution is -0.138. The van der Waals surface area contributed by atoms with Gasteiger partial charge in [0.2, 0.25) is 0 Å². The molecule has 1 aliphatic rings. The van der Waals surface area contributed by atoms with Gasteiger partial charge in [0.25, 0.3) is 12.3 Å². The van der Waals surface area contributed by atoms with E-state index in [1.807, 2.05) is 0 Å². The number of alkyl halides is 5. The lowest BCUT2D eigenvalue weighted by atomic mass is 10.1. The van der Waals surface area contributed by atoms with Gasteiger partial charge in [0.1, 0.15) is 11.9 Å². The quantitative estimate of drug-likeness (QED) is 0.576. The van der Waals surface area contributed by atoms with Crippen LogP contribution in [0.5, 0.6) is 0 Å². The SMILES string of the molecule is C[C@H](Nc1cc(C(F)F)c(-c2cnc(C(=O)N[C@H]3CC[C@H](O)C3)s2)cn1)C(F)(F)F. The maximum Gasteiger partial charge on any atom is 0.408 e. The van der Waals surface area contributed by atoms with Crippen molar-refractivity contribution in [2.45, 2.75) is 57.0 Å². The lowest BCUT2D eigenvalue weighted by Crippen LogP contribution is -2.33. The number of aliphatic hydroxyl groups excluding tert-OH is 1. The van der Waals surface area contributed by atoms with E-state index in [-0.39, 0.29) is 27.3 Å². The summed E-state index contributed by atoms with van der Waals surface area (Å²) < 4.78 is 65.1. The van der Waals surface area contributed by atoms with Crippen LogP contribution in [0.3, 0.4) is 0 Å². The molecule has 1 aliphatic carbocycles. The first-order chi connectivity index (χ1) is 14.0. The monoisotopic (exact) mass is 450 g/mol. The molecule has 0 unspecified atom stereocenters. The van der Waals surface area contributed by atoms with Gasteiger partial charge in [0.15, 0.2) is 5.01 Å². The van der Waals surface area contributed by atoms with Crippen molar-refractivity contribution in [2.24, 2.45) is 0 Å². The smallest absolute Gasteiger partial charge is 0.393 e. The number of pyridine rings is 1. The van der Waals surface area contributed by atoms with E-state index in [9.17, 15) is 31.9 Å². The summed E-state index contributed by atoms with van der Waals surface area (Å²) in [7, 11) is 0. The number of hydrogen-bond donors (Lipinski definition) is 3. The summed E-state index contributed by atoms with van der Waals surface area (Å²) in [4.78, 5) is 20.3. The van der Waals surface area contributed by atoms with Crippen molar-refractivity contribution in [3.05, 3.63) is 29.0 Å². The first-order valence-electron chi connectivity index (χ1n) is 9.11. The second-order valence-electron chi connectivity index (χ2n) is 7.03. The molecule has 1 amide bonds. The van der Waals surface area contributed by atoms with Crippen LogP contribution in [-0.4, -0.2) is 45.3 Å². The van der Waals surface area contributed by atoms with Crippen molar-refractivity contribution < 1.29 is 31.9 Å². The van der Waals surface area contributed by atoms with Gasteiger partial charge in [-0.3, -0.25) is 4.79 Å². The highest BCUT2D eigenvalue weighted by Crippen LogP contribution is 2.36. The number of amides is 1. The molecule has 30 heavy (non-hydrogen) atoms. The Morgan fingerprint density at radius 3 is 2.60 bits per heavy atom. The van der Waals surface area contributed by atoms with Gasteiger partial charge in [0, 0.05) is 29.6 Å². The van der Waals surface area contributed by atoms with Crippen LogP contribution < -0.4 is 10.6 Å². The molecule has 1 fully saturated rings. The summed E-state index contributed by atoms with van der Waals surface area (Å²) in [6.45, 7) is 0.856. The average molecular weight is 450 g/mol. The molecule has 2 heterocycles. The first kappa shape index (κ1) is 22.3. The number of halogens is 5. The molecule has 3 atom stereocenters. The van der Waals surface area contributed by atoms with E-state index in [2.05, 4.69) is 20.6 Å². The standard InChI is InChI=1S/C18H19F5N4O2S/c1-8(18(21,22)23)26-14-5-11(15(19)20)12(6-24-14)13-7-25-17(30-13)16(29)27-9-2-3-10(28)4-9/h5-10,15,28H,2-4H2,1H3,(H,24,26)(H,27,29)/t8-,9-,10-/m0/s1. The van der Waals surface area contributed by atoms with Crippen LogP contribution in [0.4, 0.5) is 27.8 Å². The van der Waals surface area contributed by atoms with Crippen molar-refractivity contribution >= 4 is 23.1 Å². The second-order valence-corrected chi connectivity index (χ2v) is 8.06. The summed E-state index contributed by atoms with van der Waals surface area (Å²) in [5.41, 5.74) is -0.528. The normalized spacial score (nSPS) is 20.4. The molecule has 1 saturated carbocycles. The van der Waals surface area contributed by atoms with Crippen LogP contribution in [0, 0.1) is 0 Å². The van der Waals surface area contributed by atoms with E-state index in [0.717, 1.165) is 30.5 Å². The van der Waals surface area contributed by atoms with E-state index in [1.54, 1.807) is 0 Å². The third kappa shape index (κ3) is 5.22. The molecule has 164 valence electrons. The zero-order valence-electron chi connectivity index (χ0n) is 15.7. The van der Waals surface area contributed by atoms with Crippen LogP contribution in [0.2, 0.25) is 0 Å². The zero-order chi connectivity index (χ0) is 22.1. The van der Waals surface area contributed by atoms with Crippen molar-refractivity contribution in [1.29, 1.82) is 0 Å². The Hall–Kier alpha value is -2.34. The fourth-order valence-electron chi connectivity index (χ4n) is 3.08. The van der Waals surface area contributed by atoms with Gasteiger partial charge in [-0.15, -0.1) is 11.3 Å². The molecular weight excluding hydrogens is 431 g/mol. The van der Waals surface area contributed by atoms with Gasteiger partial charge in [-0.2, -0.15) is 13.2 Å². The van der Waals surface area contributed by atoms with E-state index >= 15 is 0 Å². The first-order valence-corrected chi connectivity index (χ1v) is 9.92. The van der Waals surface area contributed by atoms with Gasteiger partial charge in [-0.1, -0.05) is 0 Å². The molecule has 0 aliphatic heterocycles. The summed E-state index contributed by atoms with van der Waals surface area (Å²) in [6.07, 6.45) is -4.04. The largest absolute Gasteiger partial charge is 0.408 e. The van der Waals surface area contributed by atoms with Gasteiger partial charge in [0.05, 0.1) is 11.0 Å². The summed E-state index contributed by atoms with van der Waals surface area (Å²) in [5.74, 6) is -0.810. The number of nitrogens with zero attached hydrogens (tertiary/aromatic N) is 2. The van der Waals surface area contributed by atoms with Gasteiger partial charge in [-0.05, 0) is 32.3 Å². The topological polar surface area (TPSA) is 87.1 Å². The van der Waals surface area contributed by atoms with Crippen LogP contribution in [0.25, 0.3) is 10.4 Å². The summed E-state index contributed by atoms with van der Waals surface area (Å²) in [5, 5.41) is 14.4. The number of nitrogens with one attached hydrogen (secondary N) is 2. The molecule has 0 aromatic carbocycles. The third-order valence-electron chi connectivity index (χ3n) is 4.73. The molecule has 3 N–H and O–H groups in total. The van der Waals surface area contributed by atoms with Crippen LogP contribution in [0.15, 0.2) is 18.5 Å². The molecule has 6 nitrogen and oxygen atoms in total. The fourth-order valence-corrected chi connectivity index (χ4v) is 3.93. The third-order valence-corrected chi connectivity index (χ3v) is 5.76. The van der Waals surface area contributed by atoms with Crippen molar-refractivity contribution in [2.75, 3.05) is 5.32 Å². The Bertz CT molecular complexity index is 905. The number of hydrogen-bond acceptors (Lipinski definition) is 6. The van der Waals surface area contributed by atoms with Crippen LogP contribution in [-0.2, 0) is 0 Å². The van der Waals surface area contributed by atoms with Crippen molar-refractivity contribution in [3.63, 3.8) is 0 Å². The summed E-state index contributed by atoms with van der Waals surface area (Å²) >= 11 is 0.874. The zero-order valence-corrected chi connectivity index (χ0v) is 16.5. The van der Waals surface area contributed by atoms with Crippen molar-refractivity contribution in [1.82, 2.24) is 15.3 Å². The highest BCUT2D eigenvalue weighted by molar-refractivity contribution is 7.17. The molecular formula is C18H19F5N4O2S. The lowest BCUT2D eigenvalue weighted by Gasteiger charge is -2.18. The minimum Gasteiger partial charge on any atom is -0.393 e. The van der Waals surface area contributed by atoms with Crippen molar-refractivity contribution in [3.8, 4) is 10.4 Å².